The van der Waals surface area contributed by atoms with Crippen LogP contribution in [0.3, 0.4) is 0 Å². The Kier molecular flexibility index (Phi) is 5.30. The third kappa shape index (κ3) is 3.99. The normalized spacial score (nSPS) is 22.2. The van der Waals surface area contributed by atoms with Gasteiger partial charge in [0, 0.05) is 42.5 Å². The van der Waals surface area contributed by atoms with Gasteiger partial charge in [0.1, 0.15) is 12.7 Å². The standard InChI is InChI=1S/C25H32N2O4/c1-17-22(28)13-23(31-15-20-14-29-10-11-30-20)27-8-6-18-12-19(4-5-21(18)24(17)27)26-9-7-25(2,3)16-26/h4-5,12-13,20H,6-11,14-16H2,1-3H3/t20-/m0/s1. The van der Waals surface area contributed by atoms with Gasteiger partial charge in [-0.15, -0.1) is 0 Å². The lowest BCUT2D eigenvalue weighted by Crippen LogP contribution is -2.34. The molecule has 2 fully saturated rings. The summed E-state index contributed by atoms with van der Waals surface area (Å²) in [5.74, 6) is 0.621. The van der Waals surface area contributed by atoms with Gasteiger partial charge >= 0.3 is 0 Å². The number of anilines is 1. The summed E-state index contributed by atoms with van der Waals surface area (Å²) < 4.78 is 19.4. The zero-order valence-electron chi connectivity index (χ0n) is 18.8. The zero-order valence-corrected chi connectivity index (χ0v) is 18.8. The first kappa shape index (κ1) is 20.6. The molecule has 2 aromatic rings. The molecule has 0 radical (unpaired) electrons. The second-order valence-electron chi connectivity index (χ2n) is 9.78. The SMILES string of the molecule is Cc1c2n(c(OC[C@@H]3COCCO3)cc1=O)CCc1cc(N3CCC(C)(C)C3)ccc1-2. The zero-order chi connectivity index (χ0) is 21.6. The summed E-state index contributed by atoms with van der Waals surface area (Å²) >= 11 is 0. The Morgan fingerprint density at radius 2 is 2.06 bits per heavy atom. The van der Waals surface area contributed by atoms with Crippen LogP contribution in [0.25, 0.3) is 11.3 Å². The van der Waals surface area contributed by atoms with Crippen molar-refractivity contribution in [2.24, 2.45) is 5.41 Å². The Morgan fingerprint density at radius 3 is 2.81 bits per heavy atom. The number of aryl methyl sites for hydroxylation is 1. The number of rotatable bonds is 4. The van der Waals surface area contributed by atoms with Crippen molar-refractivity contribution in [2.45, 2.75) is 46.3 Å². The molecule has 0 unspecified atom stereocenters. The maximum atomic E-state index is 12.8. The monoisotopic (exact) mass is 424 g/mol. The maximum absolute atomic E-state index is 12.8. The lowest BCUT2D eigenvalue weighted by Gasteiger charge is -2.29. The summed E-state index contributed by atoms with van der Waals surface area (Å²) in [5.41, 5.74) is 5.89. The molecule has 0 N–H and O–H groups in total. The van der Waals surface area contributed by atoms with Gasteiger partial charge in [-0.1, -0.05) is 19.9 Å². The summed E-state index contributed by atoms with van der Waals surface area (Å²) in [6, 6.07) is 8.34. The Morgan fingerprint density at radius 1 is 1.19 bits per heavy atom. The van der Waals surface area contributed by atoms with Crippen molar-refractivity contribution in [3.63, 3.8) is 0 Å². The second kappa shape index (κ2) is 7.99. The molecule has 1 aromatic carbocycles. The Balaban J connectivity index is 1.45. The molecule has 6 heteroatoms. The third-order valence-electron chi connectivity index (χ3n) is 6.81. The van der Waals surface area contributed by atoms with Crippen LogP contribution in [0.4, 0.5) is 5.69 Å². The van der Waals surface area contributed by atoms with Crippen molar-refractivity contribution in [1.82, 2.24) is 4.57 Å². The average Bonchev–Trinajstić information content (AvgIpc) is 3.14. The van der Waals surface area contributed by atoms with Crippen LogP contribution in [0.2, 0.25) is 0 Å². The quantitative estimate of drug-likeness (QED) is 0.753. The van der Waals surface area contributed by atoms with Crippen LogP contribution in [0.5, 0.6) is 5.88 Å². The van der Waals surface area contributed by atoms with Gasteiger partial charge in [0.15, 0.2) is 11.3 Å². The Hall–Kier alpha value is -2.31. The van der Waals surface area contributed by atoms with E-state index in [0.717, 1.165) is 42.9 Å². The van der Waals surface area contributed by atoms with Crippen LogP contribution in [-0.2, 0) is 22.4 Å². The summed E-state index contributed by atoms with van der Waals surface area (Å²) in [5, 5.41) is 0. The number of hydrogen-bond acceptors (Lipinski definition) is 5. The minimum Gasteiger partial charge on any atom is -0.476 e. The third-order valence-corrected chi connectivity index (χ3v) is 6.81. The lowest BCUT2D eigenvalue weighted by atomic mass is 9.93. The second-order valence-corrected chi connectivity index (χ2v) is 9.78. The van der Waals surface area contributed by atoms with E-state index in [1.54, 1.807) is 6.07 Å². The van der Waals surface area contributed by atoms with E-state index in [2.05, 4.69) is 41.5 Å². The molecular formula is C25H32N2O4. The molecule has 0 aliphatic carbocycles. The van der Waals surface area contributed by atoms with E-state index in [4.69, 9.17) is 14.2 Å². The molecule has 31 heavy (non-hydrogen) atoms. The van der Waals surface area contributed by atoms with E-state index < -0.39 is 0 Å². The van der Waals surface area contributed by atoms with Gasteiger partial charge in [-0.3, -0.25) is 4.79 Å². The largest absolute Gasteiger partial charge is 0.476 e. The molecule has 0 saturated carbocycles. The number of hydrogen-bond donors (Lipinski definition) is 0. The first-order chi connectivity index (χ1) is 14.9. The number of aromatic nitrogens is 1. The highest BCUT2D eigenvalue weighted by Gasteiger charge is 2.30. The van der Waals surface area contributed by atoms with Gasteiger partial charge in [-0.25, -0.2) is 0 Å². The van der Waals surface area contributed by atoms with Gasteiger partial charge in [-0.05, 0) is 42.9 Å². The molecule has 1 atom stereocenters. The van der Waals surface area contributed by atoms with Gasteiger partial charge in [0.2, 0.25) is 0 Å². The maximum Gasteiger partial charge on any atom is 0.197 e. The van der Waals surface area contributed by atoms with Crippen molar-refractivity contribution in [1.29, 1.82) is 0 Å². The highest BCUT2D eigenvalue weighted by atomic mass is 16.6. The molecule has 4 heterocycles. The summed E-state index contributed by atoms with van der Waals surface area (Å²) in [6.07, 6.45) is 2.05. The molecule has 2 saturated heterocycles. The number of ether oxygens (including phenoxy) is 3. The smallest absolute Gasteiger partial charge is 0.197 e. The molecule has 166 valence electrons. The molecule has 6 nitrogen and oxygen atoms in total. The Bertz CT molecular complexity index is 1040. The molecule has 1 aromatic heterocycles. The van der Waals surface area contributed by atoms with E-state index in [1.807, 2.05) is 6.92 Å². The number of fused-ring (bicyclic) bond motifs is 3. The minimum absolute atomic E-state index is 0.0141. The van der Waals surface area contributed by atoms with Crippen LogP contribution in [0.15, 0.2) is 29.1 Å². The average molecular weight is 425 g/mol. The molecule has 3 aliphatic heterocycles. The summed E-state index contributed by atoms with van der Waals surface area (Å²) in [6.45, 7) is 11.7. The first-order valence-corrected chi connectivity index (χ1v) is 11.4. The van der Waals surface area contributed by atoms with Crippen LogP contribution in [-0.4, -0.2) is 50.2 Å². The van der Waals surface area contributed by atoms with Crippen molar-refractivity contribution < 1.29 is 14.2 Å². The first-order valence-electron chi connectivity index (χ1n) is 11.4. The van der Waals surface area contributed by atoms with Gasteiger partial charge < -0.3 is 23.7 Å². The molecular weight excluding hydrogens is 392 g/mol. The van der Waals surface area contributed by atoms with E-state index in [-0.39, 0.29) is 11.5 Å². The van der Waals surface area contributed by atoms with E-state index in [0.29, 0.717) is 37.7 Å². The van der Waals surface area contributed by atoms with Crippen LogP contribution in [0, 0.1) is 12.3 Å². The van der Waals surface area contributed by atoms with Crippen molar-refractivity contribution in [3.05, 3.63) is 45.6 Å². The number of nitrogens with zero attached hydrogens (tertiary/aromatic N) is 2. The summed E-state index contributed by atoms with van der Waals surface area (Å²) in [7, 11) is 0. The van der Waals surface area contributed by atoms with E-state index >= 15 is 0 Å². The predicted molar refractivity (Wildman–Crippen MR) is 121 cm³/mol. The van der Waals surface area contributed by atoms with Gasteiger partial charge in [-0.2, -0.15) is 0 Å². The number of pyridine rings is 1. The van der Waals surface area contributed by atoms with Crippen LogP contribution >= 0.6 is 0 Å². The lowest BCUT2D eigenvalue weighted by molar-refractivity contribution is -0.102. The highest BCUT2D eigenvalue weighted by molar-refractivity contribution is 5.72. The van der Waals surface area contributed by atoms with Crippen LogP contribution in [0.1, 0.15) is 31.4 Å². The van der Waals surface area contributed by atoms with Crippen LogP contribution < -0.4 is 15.1 Å². The topological polar surface area (TPSA) is 52.9 Å². The number of benzene rings is 1. The fourth-order valence-electron chi connectivity index (χ4n) is 5.01. The van der Waals surface area contributed by atoms with E-state index in [1.165, 1.54) is 17.7 Å². The molecule has 0 bridgehead atoms. The summed E-state index contributed by atoms with van der Waals surface area (Å²) in [4.78, 5) is 15.2. The fourth-order valence-corrected chi connectivity index (χ4v) is 5.01. The highest BCUT2D eigenvalue weighted by Crippen LogP contribution is 2.38. The molecule has 0 spiro atoms. The molecule has 3 aliphatic rings. The minimum atomic E-state index is -0.0930. The molecule has 5 rings (SSSR count). The van der Waals surface area contributed by atoms with Gasteiger partial charge in [0.25, 0.3) is 0 Å². The Labute approximate surface area is 183 Å². The van der Waals surface area contributed by atoms with Gasteiger partial charge in [0.05, 0.1) is 25.5 Å². The fraction of sp³-hybridized carbons (Fsp3) is 0.560. The van der Waals surface area contributed by atoms with Crippen molar-refractivity contribution in [3.8, 4) is 17.1 Å². The predicted octanol–water partition coefficient (Wildman–Crippen LogP) is 3.41. The van der Waals surface area contributed by atoms with Crippen molar-refractivity contribution in [2.75, 3.05) is 44.4 Å². The van der Waals surface area contributed by atoms with Crippen molar-refractivity contribution >= 4 is 5.69 Å². The molecule has 0 amide bonds. The van der Waals surface area contributed by atoms with E-state index in [9.17, 15) is 4.79 Å².